The monoisotopic (exact) mass is 294 g/mol. The lowest BCUT2D eigenvalue weighted by Gasteiger charge is -2.22. The molecule has 0 aliphatic carbocycles. The van der Waals surface area contributed by atoms with Crippen molar-refractivity contribution >= 4 is 22.3 Å². The van der Waals surface area contributed by atoms with Crippen molar-refractivity contribution in [2.75, 3.05) is 13.7 Å². The Kier molecular flexibility index (Phi) is 5.12. The molecule has 1 saturated heterocycles. The van der Waals surface area contributed by atoms with Gasteiger partial charge in [0.2, 0.25) is 0 Å². The van der Waals surface area contributed by atoms with E-state index in [1.807, 2.05) is 0 Å². The summed E-state index contributed by atoms with van der Waals surface area (Å²) in [7, 11) is -2.91. The molecule has 1 heterocycles. The van der Waals surface area contributed by atoms with Gasteiger partial charge < -0.3 is 9.47 Å². The topological polar surface area (TPSA) is 102 Å². The van der Waals surface area contributed by atoms with Crippen molar-refractivity contribution in [2.24, 2.45) is 0 Å². The first-order valence-electron chi connectivity index (χ1n) is 5.86. The summed E-state index contributed by atoms with van der Waals surface area (Å²) in [5.41, 5.74) is 0. The Balaban J connectivity index is 2.76. The maximum Gasteiger partial charge on any atom is 0.422 e. The molecule has 0 aromatic heterocycles. The largest absolute Gasteiger partial charge is 0.468 e. The van der Waals surface area contributed by atoms with Crippen molar-refractivity contribution < 1.29 is 27.5 Å². The maximum atomic E-state index is 12.0. The predicted molar refractivity (Wildman–Crippen MR) is 65.4 cm³/mol. The van der Waals surface area contributed by atoms with Gasteiger partial charge in [-0.2, -0.15) is 12.7 Å². The van der Waals surface area contributed by atoms with E-state index in [4.69, 9.17) is 4.74 Å². The van der Waals surface area contributed by atoms with Crippen molar-refractivity contribution in [3.05, 3.63) is 0 Å². The van der Waals surface area contributed by atoms with E-state index in [-0.39, 0.29) is 6.54 Å². The van der Waals surface area contributed by atoms with Crippen LogP contribution in [0.25, 0.3) is 0 Å². The molecule has 1 atom stereocenters. The lowest BCUT2D eigenvalue weighted by atomic mass is 10.2. The molecule has 110 valence electrons. The number of rotatable bonds is 4. The molecule has 1 amide bonds. The first-order valence-corrected chi connectivity index (χ1v) is 7.30. The number of methoxy groups -OCH3 is 1. The fourth-order valence-electron chi connectivity index (χ4n) is 1.80. The number of amides is 1. The first-order chi connectivity index (χ1) is 8.77. The lowest BCUT2D eigenvalue weighted by molar-refractivity contribution is -0.144. The highest BCUT2D eigenvalue weighted by Crippen LogP contribution is 2.21. The number of carbonyl (C=O) groups excluding carboxylic acids is 2. The first kappa shape index (κ1) is 15.7. The minimum absolute atomic E-state index is 0.157. The van der Waals surface area contributed by atoms with Crippen LogP contribution in [0.4, 0.5) is 4.79 Å². The lowest BCUT2D eigenvalue weighted by Crippen LogP contribution is -2.48. The average molecular weight is 294 g/mol. The molecule has 1 rings (SSSR count). The van der Waals surface area contributed by atoms with E-state index in [0.29, 0.717) is 12.8 Å². The Hall–Kier alpha value is -1.35. The Morgan fingerprint density at radius 2 is 2.00 bits per heavy atom. The zero-order valence-corrected chi connectivity index (χ0v) is 11.9. The van der Waals surface area contributed by atoms with Crippen LogP contribution < -0.4 is 4.72 Å². The van der Waals surface area contributed by atoms with E-state index in [0.717, 1.165) is 4.31 Å². The van der Waals surface area contributed by atoms with Crippen molar-refractivity contribution in [3.63, 3.8) is 0 Å². The second-order valence-corrected chi connectivity index (χ2v) is 5.98. The highest BCUT2D eigenvalue weighted by atomic mass is 32.2. The van der Waals surface area contributed by atoms with Crippen LogP contribution in [0.2, 0.25) is 0 Å². The minimum Gasteiger partial charge on any atom is -0.468 e. The van der Waals surface area contributed by atoms with Gasteiger partial charge in [-0.1, -0.05) is 0 Å². The fourth-order valence-corrected chi connectivity index (χ4v) is 3.07. The molecule has 9 heteroatoms. The molecule has 1 unspecified atom stereocenters. The van der Waals surface area contributed by atoms with Crippen LogP contribution in [0.15, 0.2) is 0 Å². The quantitative estimate of drug-likeness (QED) is 0.732. The summed E-state index contributed by atoms with van der Waals surface area (Å²) in [4.78, 5) is 22.8. The SMILES string of the molecule is COC(=O)C1CCCN1S(=O)(=O)NC(=O)OC(C)C. The summed E-state index contributed by atoms with van der Waals surface area (Å²) < 4.78 is 35.8. The molecule has 8 nitrogen and oxygen atoms in total. The molecule has 0 spiro atoms. The van der Waals surface area contributed by atoms with E-state index in [1.165, 1.54) is 7.11 Å². The van der Waals surface area contributed by atoms with Gasteiger partial charge in [0, 0.05) is 6.54 Å². The molecule has 0 bridgehead atoms. The molecular formula is C10H18N2O6S. The average Bonchev–Trinajstić information content (AvgIpc) is 2.75. The van der Waals surface area contributed by atoms with Crippen LogP contribution in [0.1, 0.15) is 26.7 Å². The van der Waals surface area contributed by atoms with E-state index in [2.05, 4.69) is 4.74 Å². The van der Waals surface area contributed by atoms with Crippen LogP contribution in [-0.2, 0) is 24.5 Å². The number of hydrogen-bond acceptors (Lipinski definition) is 6. The van der Waals surface area contributed by atoms with Crippen LogP contribution in [0.5, 0.6) is 0 Å². The summed E-state index contributed by atoms with van der Waals surface area (Å²) in [6.07, 6.45) is -0.608. The van der Waals surface area contributed by atoms with Crippen LogP contribution in [0, 0.1) is 0 Å². The number of nitrogens with one attached hydrogen (secondary N) is 1. The number of hydrogen-bond donors (Lipinski definition) is 1. The summed E-state index contributed by atoms with van der Waals surface area (Å²) in [6.45, 7) is 3.35. The van der Waals surface area contributed by atoms with Gasteiger partial charge in [-0.3, -0.25) is 4.79 Å². The Labute approximate surface area is 112 Å². The minimum atomic E-state index is -4.10. The van der Waals surface area contributed by atoms with E-state index in [1.54, 1.807) is 18.6 Å². The second kappa shape index (κ2) is 6.20. The molecule has 0 aromatic rings. The molecule has 1 aliphatic heterocycles. The normalized spacial score (nSPS) is 20.3. The summed E-state index contributed by atoms with van der Waals surface area (Å²) in [5.74, 6) is -0.639. The third-order valence-corrected chi connectivity index (χ3v) is 4.02. The highest BCUT2D eigenvalue weighted by molar-refractivity contribution is 7.87. The number of nitrogens with zero attached hydrogens (tertiary/aromatic N) is 1. The van der Waals surface area contributed by atoms with Gasteiger partial charge >= 0.3 is 22.3 Å². The molecule has 19 heavy (non-hydrogen) atoms. The molecule has 0 saturated carbocycles. The van der Waals surface area contributed by atoms with Gasteiger partial charge in [0.1, 0.15) is 6.04 Å². The van der Waals surface area contributed by atoms with Gasteiger partial charge in [-0.15, -0.1) is 0 Å². The van der Waals surface area contributed by atoms with Gasteiger partial charge in [0.25, 0.3) is 0 Å². The van der Waals surface area contributed by atoms with Crippen molar-refractivity contribution in [1.29, 1.82) is 0 Å². The Bertz CT molecular complexity index is 447. The molecule has 1 fully saturated rings. The zero-order valence-electron chi connectivity index (χ0n) is 11.1. The predicted octanol–water partition coefficient (Wildman–Crippen LogP) is 0.00320. The van der Waals surface area contributed by atoms with E-state index >= 15 is 0 Å². The molecule has 0 aromatic carbocycles. The van der Waals surface area contributed by atoms with Gasteiger partial charge in [0.05, 0.1) is 13.2 Å². The van der Waals surface area contributed by atoms with Crippen molar-refractivity contribution in [1.82, 2.24) is 9.03 Å². The van der Waals surface area contributed by atoms with Crippen LogP contribution in [-0.4, -0.2) is 50.6 Å². The number of carbonyl (C=O) groups is 2. The molecule has 1 N–H and O–H groups in total. The van der Waals surface area contributed by atoms with Gasteiger partial charge in [-0.05, 0) is 26.7 Å². The second-order valence-electron chi connectivity index (χ2n) is 4.35. The third kappa shape index (κ3) is 4.06. The summed E-state index contributed by atoms with van der Waals surface area (Å²) >= 11 is 0. The van der Waals surface area contributed by atoms with E-state index < -0.39 is 34.4 Å². The summed E-state index contributed by atoms with van der Waals surface area (Å²) in [6, 6.07) is -0.894. The fraction of sp³-hybridized carbons (Fsp3) is 0.800. The van der Waals surface area contributed by atoms with Crippen LogP contribution in [0.3, 0.4) is 0 Å². The maximum absolute atomic E-state index is 12.0. The molecule has 1 aliphatic rings. The number of ether oxygens (including phenoxy) is 2. The van der Waals surface area contributed by atoms with Crippen LogP contribution >= 0.6 is 0 Å². The molecular weight excluding hydrogens is 276 g/mol. The Morgan fingerprint density at radius 3 is 2.53 bits per heavy atom. The molecule has 0 radical (unpaired) electrons. The smallest absolute Gasteiger partial charge is 0.422 e. The zero-order chi connectivity index (χ0) is 14.6. The van der Waals surface area contributed by atoms with Gasteiger partial charge in [-0.25, -0.2) is 9.52 Å². The van der Waals surface area contributed by atoms with E-state index in [9.17, 15) is 18.0 Å². The summed E-state index contributed by atoms with van der Waals surface area (Å²) in [5, 5.41) is 0. The number of esters is 1. The standard InChI is InChI=1S/C10H18N2O6S/c1-7(2)18-10(14)11-19(15,16)12-6-4-5-8(12)9(13)17-3/h7-8H,4-6H2,1-3H3,(H,11,14). The third-order valence-electron chi connectivity index (χ3n) is 2.54. The Morgan fingerprint density at radius 1 is 1.37 bits per heavy atom. The van der Waals surface area contributed by atoms with Gasteiger partial charge in [0.15, 0.2) is 0 Å². The van der Waals surface area contributed by atoms with Crippen molar-refractivity contribution in [3.8, 4) is 0 Å². The highest BCUT2D eigenvalue weighted by Gasteiger charge is 2.40. The van der Waals surface area contributed by atoms with Crippen molar-refractivity contribution in [2.45, 2.75) is 38.8 Å².